The van der Waals surface area contributed by atoms with Crippen molar-refractivity contribution in [1.82, 2.24) is 0 Å². The summed E-state index contributed by atoms with van der Waals surface area (Å²) in [5.41, 5.74) is 0.331. The molecule has 0 amide bonds. The van der Waals surface area contributed by atoms with Gasteiger partial charge in [-0.25, -0.2) is 4.79 Å². The molecule has 1 aromatic rings. The Morgan fingerprint density at radius 2 is 1.73 bits per heavy atom. The molecule has 1 aromatic carbocycles. The van der Waals surface area contributed by atoms with Crippen LogP contribution in [0.15, 0.2) is 30.3 Å². The van der Waals surface area contributed by atoms with E-state index in [4.69, 9.17) is 5.11 Å². The van der Waals surface area contributed by atoms with Crippen molar-refractivity contribution in [3.63, 3.8) is 0 Å². The third-order valence-corrected chi connectivity index (χ3v) is 1.02. The molecule has 0 bridgehead atoms. The quantitative estimate of drug-likeness (QED) is 0.735. The molecule has 0 saturated heterocycles. The number of carboxylic acid groups (broad SMARTS) is 1. The SMILES string of the molecule is O=C(O)c1ccccc1.[S]=[Zn]. The molecule has 1 rings (SSSR count). The van der Waals surface area contributed by atoms with Crippen LogP contribution in [-0.2, 0) is 16.6 Å². The van der Waals surface area contributed by atoms with Crippen LogP contribution in [0.2, 0.25) is 0 Å². The third kappa shape index (κ3) is 4.07. The first-order chi connectivity index (χ1) is 5.30. The zero-order chi connectivity index (χ0) is 8.69. The van der Waals surface area contributed by atoms with Crippen molar-refractivity contribution in [1.29, 1.82) is 0 Å². The second-order valence-corrected chi connectivity index (χ2v) is 1.67. The average molecular weight is 220 g/mol. The van der Waals surface area contributed by atoms with Gasteiger partial charge in [0.2, 0.25) is 0 Å². The first kappa shape index (κ1) is 10.5. The second-order valence-electron chi connectivity index (χ2n) is 1.67. The second kappa shape index (κ2) is 6.26. The van der Waals surface area contributed by atoms with Crippen molar-refractivity contribution in [2.75, 3.05) is 0 Å². The van der Waals surface area contributed by atoms with E-state index in [0.717, 1.165) is 16.6 Å². The number of benzene rings is 1. The van der Waals surface area contributed by atoms with Gasteiger partial charge in [0.1, 0.15) is 0 Å². The van der Waals surface area contributed by atoms with Gasteiger partial charge in [0.05, 0.1) is 5.56 Å². The summed E-state index contributed by atoms with van der Waals surface area (Å²) in [4.78, 5) is 10.2. The normalized spacial score (nSPS) is 7.82. The van der Waals surface area contributed by atoms with Crippen molar-refractivity contribution in [2.45, 2.75) is 0 Å². The molecular weight excluding hydrogens is 214 g/mol. The summed E-state index contributed by atoms with van der Waals surface area (Å²) in [6.45, 7) is 0. The van der Waals surface area contributed by atoms with Gasteiger partial charge < -0.3 is 5.11 Å². The number of hydrogen-bond acceptors (Lipinski definition) is 2. The van der Waals surface area contributed by atoms with Gasteiger partial charge in [-0.15, -0.1) is 0 Å². The molecule has 0 saturated carbocycles. The zero-order valence-electron chi connectivity index (χ0n) is 5.86. The van der Waals surface area contributed by atoms with E-state index in [0.29, 0.717) is 5.56 Å². The zero-order valence-corrected chi connectivity index (χ0v) is 9.64. The fourth-order valence-corrected chi connectivity index (χ4v) is 0.581. The Hall–Kier alpha value is -0.467. The molecule has 0 unspecified atom stereocenters. The predicted octanol–water partition coefficient (Wildman–Crippen LogP) is 2.03. The third-order valence-electron chi connectivity index (χ3n) is 1.02. The fraction of sp³-hybridized carbons (Fsp3) is 0. The van der Waals surface area contributed by atoms with Crippen LogP contribution in [0.3, 0.4) is 0 Å². The maximum absolute atomic E-state index is 10.2. The van der Waals surface area contributed by atoms with Gasteiger partial charge in [-0.1, -0.05) is 18.2 Å². The summed E-state index contributed by atoms with van der Waals surface area (Å²) in [6, 6.07) is 8.30. The van der Waals surface area contributed by atoms with Crippen molar-refractivity contribution < 1.29 is 26.5 Å². The maximum atomic E-state index is 10.2. The molecule has 0 aliphatic rings. The van der Waals surface area contributed by atoms with E-state index in [1.165, 1.54) is 0 Å². The first-order valence-corrected chi connectivity index (χ1v) is 7.09. The number of aromatic carboxylic acids is 1. The Labute approximate surface area is 78.5 Å². The van der Waals surface area contributed by atoms with Crippen molar-refractivity contribution in [3.8, 4) is 0 Å². The summed E-state index contributed by atoms with van der Waals surface area (Å²) >= 11 is 0.958. The Balaban J connectivity index is 0.000000461. The molecule has 11 heavy (non-hydrogen) atoms. The summed E-state index contributed by atoms with van der Waals surface area (Å²) in [5.74, 6) is -0.879. The number of carboxylic acids is 1. The molecule has 0 aromatic heterocycles. The van der Waals surface area contributed by atoms with Crippen LogP contribution in [-0.4, -0.2) is 11.1 Å². The Kier molecular flexibility index (Phi) is 5.99. The average Bonchev–Trinajstić information content (AvgIpc) is 2.10. The van der Waals surface area contributed by atoms with E-state index in [1.54, 1.807) is 30.3 Å². The molecule has 0 atom stereocenters. The van der Waals surface area contributed by atoms with Crippen LogP contribution in [0, 0.1) is 0 Å². The van der Waals surface area contributed by atoms with Gasteiger partial charge in [0.15, 0.2) is 0 Å². The van der Waals surface area contributed by atoms with E-state index in [1.807, 2.05) is 0 Å². The van der Waals surface area contributed by atoms with Crippen LogP contribution in [0.1, 0.15) is 10.4 Å². The van der Waals surface area contributed by atoms with Gasteiger partial charge in [0, 0.05) is 0 Å². The van der Waals surface area contributed by atoms with Crippen molar-refractivity contribution in [2.24, 2.45) is 0 Å². The Morgan fingerprint density at radius 3 is 2.00 bits per heavy atom. The molecule has 0 spiro atoms. The van der Waals surface area contributed by atoms with Crippen molar-refractivity contribution >= 4 is 16.1 Å². The number of rotatable bonds is 1. The Bertz CT molecular complexity index is 225. The summed E-state index contributed by atoms with van der Waals surface area (Å²) in [6.07, 6.45) is 0. The van der Waals surface area contributed by atoms with E-state index < -0.39 is 5.97 Å². The Morgan fingerprint density at radius 1 is 1.27 bits per heavy atom. The monoisotopic (exact) mass is 218 g/mol. The molecule has 0 fully saturated rings. The van der Waals surface area contributed by atoms with E-state index >= 15 is 0 Å². The van der Waals surface area contributed by atoms with Gasteiger partial charge in [-0.3, -0.25) is 0 Å². The first-order valence-electron chi connectivity index (χ1n) is 2.88. The fourth-order valence-electron chi connectivity index (χ4n) is 0.581. The topological polar surface area (TPSA) is 37.3 Å². The van der Waals surface area contributed by atoms with Gasteiger partial charge in [0.25, 0.3) is 0 Å². The molecule has 1 N–H and O–H groups in total. The van der Waals surface area contributed by atoms with Gasteiger partial charge in [-0.05, 0) is 12.1 Å². The minimum absolute atomic E-state index is 0.331. The molecule has 2 nitrogen and oxygen atoms in total. The van der Waals surface area contributed by atoms with Gasteiger partial charge >= 0.3 is 32.6 Å². The van der Waals surface area contributed by atoms with E-state index in [-0.39, 0.29) is 0 Å². The molecule has 54 valence electrons. The van der Waals surface area contributed by atoms with Gasteiger partial charge in [-0.2, -0.15) is 0 Å². The standard InChI is InChI=1S/C7H6O2.S.Zn/c8-7(9)6-4-2-1-3-5-6;;/h1-5H,(H,8,9);;. The van der Waals surface area contributed by atoms with E-state index in [9.17, 15) is 4.79 Å². The van der Waals surface area contributed by atoms with Crippen LogP contribution in [0.25, 0.3) is 0 Å². The summed E-state index contributed by atoms with van der Waals surface area (Å²) in [7, 11) is 4.21. The van der Waals surface area contributed by atoms with Crippen LogP contribution in [0.4, 0.5) is 0 Å². The summed E-state index contributed by atoms with van der Waals surface area (Å²) < 4.78 is 0. The van der Waals surface area contributed by atoms with Crippen LogP contribution in [0.5, 0.6) is 0 Å². The number of carbonyl (C=O) groups is 1. The molecule has 4 heteroatoms. The molecule has 0 heterocycles. The predicted molar refractivity (Wildman–Crippen MR) is 41.0 cm³/mol. The van der Waals surface area contributed by atoms with E-state index in [2.05, 4.69) is 10.1 Å². The van der Waals surface area contributed by atoms with Crippen LogP contribution >= 0.6 is 10.1 Å². The number of hydrogen-bond donors (Lipinski definition) is 1. The minimum atomic E-state index is -0.879. The van der Waals surface area contributed by atoms with Crippen LogP contribution < -0.4 is 0 Å². The molecule has 0 aliphatic carbocycles. The summed E-state index contributed by atoms with van der Waals surface area (Å²) in [5, 5.41) is 8.38. The molecular formula is C7H6O2SZn. The van der Waals surface area contributed by atoms with Crippen molar-refractivity contribution in [3.05, 3.63) is 35.9 Å². The molecule has 0 radical (unpaired) electrons. The molecule has 0 aliphatic heterocycles.